The number of amides is 2. The molecule has 0 aliphatic carbocycles. The van der Waals surface area contributed by atoms with Crippen LogP contribution in [0.4, 0.5) is 13.2 Å². The average Bonchev–Trinajstić information content (AvgIpc) is 2.88. The molecule has 4 rings (SSSR count). The summed E-state index contributed by atoms with van der Waals surface area (Å²) in [7, 11) is 0. The fourth-order valence-corrected chi connectivity index (χ4v) is 3.67. The summed E-state index contributed by atoms with van der Waals surface area (Å²) in [6, 6.07) is 0.799. The minimum absolute atomic E-state index is 0.110. The normalized spacial score (nSPS) is 21.6. The number of aliphatic hydroxyl groups is 1. The summed E-state index contributed by atoms with van der Waals surface area (Å²) < 4.78 is 46.0. The van der Waals surface area contributed by atoms with Crippen molar-refractivity contribution in [2.75, 3.05) is 26.3 Å². The van der Waals surface area contributed by atoms with Gasteiger partial charge in [-0.25, -0.2) is 13.2 Å². The molecular weight excluding hydrogens is 391 g/mol. The van der Waals surface area contributed by atoms with E-state index in [-0.39, 0.29) is 35.4 Å². The molecule has 2 fully saturated rings. The molecule has 2 N–H and O–H groups in total. The molecule has 0 radical (unpaired) electrons. The largest absolute Gasteiger partial charge is 0.510 e. The number of fused-ring (bicyclic) bond motifs is 4. The van der Waals surface area contributed by atoms with Crippen molar-refractivity contribution in [3.05, 3.63) is 58.4 Å². The minimum Gasteiger partial charge on any atom is -0.510 e. The van der Waals surface area contributed by atoms with Gasteiger partial charge in [0, 0.05) is 55.5 Å². The van der Waals surface area contributed by atoms with E-state index in [1.165, 1.54) is 11.1 Å². The number of hydrogen-bond acceptors (Lipinski definition) is 5. The van der Waals surface area contributed by atoms with Crippen LogP contribution in [0.15, 0.2) is 35.4 Å². The summed E-state index contributed by atoms with van der Waals surface area (Å²) in [6.45, 7) is 1.03. The maximum Gasteiger partial charge on any atom is 0.274 e. The number of rotatable bonds is 3. The Labute approximate surface area is 164 Å². The molecule has 1 aromatic rings. The summed E-state index contributed by atoms with van der Waals surface area (Å²) in [5.74, 6) is -4.52. The number of allylic oxidation sites excluding steroid dienone is 1. The third-order valence-corrected chi connectivity index (χ3v) is 5.14. The molecule has 3 heterocycles. The van der Waals surface area contributed by atoms with Gasteiger partial charge in [-0.3, -0.25) is 9.59 Å². The zero-order chi connectivity index (χ0) is 20.7. The second kappa shape index (κ2) is 7.43. The van der Waals surface area contributed by atoms with Crippen molar-refractivity contribution in [1.29, 1.82) is 0 Å². The number of halogens is 3. The zero-order valence-electron chi connectivity index (χ0n) is 15.3. The van der Waals surface area contributed by atoms with E-state index in [4.69, 9.17) is 4.74 Å². The summed E-state index contributed by atoms with van der Waals surface area (Å²) in [4.78, 5) is 28.2. The lowest BCUT2D eigenvalue weighted by atomic mass is 10.0. The predicted molar refractivity (Wildman–Crippen MR) is 93.5 cm³/mol. The molecule has 2 amide bonds. The number of nitrogens with one attached hydrogen (secondary N) is 1. The van der Waals surface area contributed by atoms with Gasteiger partial charge in [0.25, 0.3) is 5.91 Å². The standard InChI is InChI=1S/C19H18F3N3O4/c20-11-4-14(21)13(15(22)5-11)6-23-18(27)10-3-16(26)17-19(28)24-1-2-29-9-12(8-24)25(17)7-10/h4-5,7,12,26H,1-3,6,8-9H2,(H,23,27). The highest BCUT2D eigenvalue weighted by atomic mass is 19.1. The first-order valence-electron chi connectivity index (χ1n) is 9.05. The van der Waals surface area contributed by atoms with E-state index in [0.29, 0.717) is 38.4 Å². The van der Waals surface area contributed by atoms with Crippen LogP contribution < -0.4 is 5.32 Å². The fourth-order valence-electron chi connectivity index (χ4n) is 3.67. The second-order valence-corrected chi connectivity index (χ2v) is 7.04. The van der Waals surface area contributed by atoms with Crippen molar-refractivity contribution >= 4 is 11.8 Å². The lowest BCUT2D eigenvalue weighted by Gasteiger charge is -2.41. The smallest absolute Gasteiger partial charge is 0.274 e. The average molecular weight is 409 g/mol. The Hall–Kier alpha value is -3.01. The van der Waals surface area contributed by atoms with Crippen molar-refractivity contribution in [3.8, 4) is 0 Å². The molecule has 1 aromatic carbocycles. The van der Waals surface area contributed by atoms with Gasteiger partial charge in [-0.1, -0.05) is 0 Å². The summed E-state index contributed by atoms with van der Waals surface area (Å²) in [6.07, 6.45) is 1.26. The lowest BCUT2D eigenvalue weighted by Crippen LogP contribution is -2.54. The number of benzene rings is 1. The molecule has 29 heavy (non-hydrogen) atoms. The second-order valence-electron chi connectivity index (χ2n) is 7.04. The molecule has 1 atom stereocenters. The van der Waals surface area contributed by atoms with Crippen LogP contribution in [0.5, 0.6) is 0 Å². The molecule has 3 aliphatic rings. The quantitative estimate of drug-likeness (QED) is 0.787. The van der Waals surface area contributed by atoms with Crippen LogP contribution in [0, 0.1) is 17.5 Å². The Bertz CT molecular complexity index is 924. The third-order valence-electron chi connectivity index (χ3n) is 5.14. The summed E-state index contributed by atoms with van der Waals surface area (Å²) in [5.41, 5.74) is -0.240. The van der Waals surface area contributed by atoms with Gasteiger partial charge < -0.3 is 25.0 Å². The van der Waals surface area contributed by atoms with Crippen molar-refractivity contribution in [2.45, 2.75) is 19.0 Å². The van der Waals surface area contributed by atoms with Crippen molar-refractivity contribution in [3.63, 3.8) is 0 Å². The topological polar surface area (TPSA) is 82.1 Å². The van der Waals surface area contributed by atoms with Gasteiger partial charge >= 0.3 is 0 Å². The molecule has 2 saturated heterocycles. The summed E-state index contributed by atoms with van der Waals surface area (Å²) in [5, 5.41) is 12.8. The molecular formula is C19H18F3N3O4. The van der Waals surface area contributed by atoms with Gasteiger partial charge in [0.05, 0.1) is 19.3 Å². The molecule has 0 saturated carbocycles. The van der Waals surface area contributed by atoms with E-state index < -0.39 is 35.5 Å². The highest BCUT2D eigenvalue weighted by Gasteiger charge is 2.41. The van der Waals surface area contributed by atoms with Crippen molar-refractivity contribution < 1.29 is 32.6 Å². The van der Waals surface area contributed by atoms with E-state index >= 15 is 0 Å². The molecule has 1 unspecified atom stereocenters. The molecule has 10 heteroatoms. The number of carbonyl (C=O) groups excluding carboxylic acids is 2. The number of hydrogen-bond donors (Lipinski definition) is 2. The van der Waals surface area contributed by atoms with Gasteiger partial charge in [-0.2, -0.15) is 0 Å². The molecule has 3 aliphatic heterocycles. The Morgan fingerprint density at radius 2 is 2.00 bits per heavy atom. The number of nitrogens with zero attached hydrogens (tertiary/aromatic N) is 2. The van der Waals surface area contributed by atoms with Crippen LogP contribution in [-0.4, -0.2) is 59.1 Å². The highest BCUT2D eigenvalue weighted by Crippen LogP contribution is 2.32. The third kappa shape index (κ3) is 3.55. The maximum atomic E-state index is 13.8. The summed E-state index contributed by atoms with van der Waals surface area (Å²) >= 11 is 0. The Morgan fingerprint density at radius 1 is 1.28 bits per heavy atom. The van der Waals surface area contributed by atoms with Crippen LogP contribution in [0.3, 0.4) is 0 Å². The fraction of sp³-hybridized carbons (Fsp3) is 0.368. The van der Waals surface area contributed by atoms with Crippen LogP contribution in [0.1, 0.15) is 12.0 Å². The highest BCUT2D eigenvalue weighted by molar-refractivity contribution is 5.98. The number of carbonyl (C=O) groups is 2. The van der Waals surface area contributed by atoms with E-state index in [1.54, 1.807) is 4.90 Å². The van der Waals surface area contributed by atoms with Gasteiger partial charge in [0.1, 0.15) is 28.9 Å². The van der Waals surface area contributed by atoms with Crippen LogP contribution >= 0.6 is 0 Å². The molecule has 0 aromatic heterocycles. The van der Waals surface area contributed by atoms with E-state index in [1.807, 2.05) is 0 Å². The van der Waals surface area contributed by atoms with Crippen LogP contribution in [0.25, 0.3) is 0 Å². The monoisotopic (exact) mass is 409 g/mol. The maximum absolute atomic E-state index is 13.8. The molecule has 7 nitrogen and oxygen atoms in total. The van der Waals surface area contributed by atoms with E-state index in [0.717, 1.165) is 0 Å². The predicted octanol–water partition coefficient (Wildman–Crippen LogP) is 1.32. The Kier molecular flexibility index (Phi) is 4.95. The first kappa shape index (κ1) is 19.3. The van der Waals surface area contributed by atoms with Gasteiger partial charge in [0.15, 0.2) is 0 Å². The van der Waals surface area contributed by atoms with Crippen LogP contribution in [0.2, 0.25) is 0 Å². The van der Waals surface area contributed by atoms with E-state index in [9.17, 15) is 27.9 Å². The first-order valence-corrected chi connectivity index (χ1v) is 9.05. The molecule has 0 spiro atoms. The number of aliphatic hydroxyl groups excluding tert-OH is 1. The van der Waals surface area contributed by atoms with Gasteiger partial charge in [-0.15, -0.1) is 0 Å². The number of ether oxygens (including phenoxy) is 1. The Balaban J connectivity index is 1.53. The molecule has 154 valence electrons. The Morgan fingerprint density at radius 3 is 2.72 bits per heavy atom. The van der Waals surface area contributed by atoms with Gasteiger partial charge in [0.2, 0.25) is 5.91 Å². The first-order chi connectivity index (χ1) is 13.8. The van der Waals surface area contributed by atoms with Crippen molar-refractivity contribution in [1.82, 2.24) is 15.1 Å². The minimum atomic E-state index is -1.11. The van der Waals surface area contributed by atoms with Gasteiger partial charge in [-0.05, 0) is 0 Å². The lowest BCUT2D eigenvalue weighted by molar-refractivity contribution is -0.132. The SMILES string of the molecule is O=C(NCc1c(F)cc(F)cc1F)C1=CN2C(=C(O)C1)C(=O)N1CCOCC2C1. The zero-order valence-corrected chi connectivity index (χ0v) is 15.3. The van der Waals surface area contributed by atoms with Crippen molar-refractivity contribution in [2.24, 2.45) is 0 Å². The molecule has 2 bridgehead atoms. The number of piperazine rings is 1. The van der Waals surface area contributed by atoms with E-state index in [2.05, 4.69) is 5.32 Å². The van der Waals surface area contributed by atoms with Crippen LogP contribution in [-0.2, 0) is 20.9 Å².